The van der Waals surface area contributed by atoms with Crippen molar-refractivity contribution in [1.82, 2.24) is 4.90 Å². The van der Waals surface area contributed by atoms with Crippen molar-refractivity contribution in [2.45, 2.75) is 60.4 Å². The Balaban J connectivity index is 5.19. The second kappa shape index (κ2) is 6.76. The van der Waals surface area contributed by atoms with Gasteiger partial charge in [-0.1, -0.05) is 27.7 Å². The highest BCUT2D eigenvalue weighted by Crippen LogP contribution is 2.23. The topological polar surface area (TPSA) is 57.6 Å². The summed E-state index contributed by atoms with van der Waals surface area (Å²) in [4.78, 5) is 25.4. The van der Waals surface area contributed by atoms with Crippen molar-refractivity contribution in [3.8, 4) is 0 Å². The van der Waals surface area contributed by atoms with Gasteiger partial charge >= 0.3 is 5.97 Å². The quantitative estimate of drug-likeness (QED) is 0.713. The van der Waals surface area contributed by atoms with E-state index in [0.29, 0.717) is 12.5 Å². The largest absolute Gasteiger partial charge is 0.480 e. The summed E-state index contributed by atoms with van der Waals surface area (Å²) < 4.78 is 0. The number of carbonyl (C=O) groups is 2. The fourth-order valence-corrected chi connectivity index (χ4v) is 1.97. The van der Waals surface area contributed by atoms with Gasteiger partial charge < -0.3 is 10.0 Å². The Morgan fingerprint density at radius 3 is 1.89 bits per heavy atom. The summed E-state index contributed by atoms with van der Waals surface area (Å²) in [5.74, 6) is -1.01. The van der Waals surface area contributed by atoms with Crippen LogP contribution < -0.4 is 0 Å². The van der Waals surface area contributed by atoms with E-state index >= 15 is 0 Å². The molecule has 18 heavy (non-hydrogen) atoms. The molecule has 0 saturated heterocycles. The summed E-state index contributed by atoms with van der Waals surface area (Å²) >= 11 is 0. The van der Waals surface area contributed by atoms with Crippen molar-refractivity contribution in [2.75, 3.05) is 6.54 Å². The average Bonchev–Trinajstić information content (AvgIpc) is 2.27. The Hall–Kier alpha value is -1.06. The number of carboxylic acid groups (broad SMARTS) is 1. The lowest BCUT2D eigenvalue weighted by molar-refractivity contribution is -0.159. The molecule has 0 spiro atoms. The Bertz CT molecular complexity index is 293. The minimum atomic E-state index is -1.35. The molecule has 0 aromatic heterocycles. The molecule has 0 heterocycles. The smallest absolute Gasteiger partial charge is 0.318 e. The van der Waals surface area contributed by atoms with Crippen LogP contribution in [-0.4, -0.2) is 34.5 Å². The van der Waals surface area contributed by atoms with Gasteiger partial charge in [-0.25, -0.2) is 0 Å². The van der Waals surface area contributed by atoms with Gasteiger partial charge in [-0.05, 0) is 32.6 Å². The maximum Gasteiger partial charge on any atom is 0.318 e. The van der Waals surface area contributed by atoms with E-state index in [1.165, 1.54) is 13.8 Å². The van der Waals surface area contributed by atoms with Crippen LogP contribution in [0.5, 0.6) is 0 Å². The number of hydrogen-bond acceptors (Lipinski definition) is 2. The van der Waals surface area contributed by atoms with Crippen LogP contribution in [0.4, 0.5) is 0 Å². The van der Waals surface area contributed by atoms with Crippen LogP contribution >= 0.6 is 0 Å². The highest BCUT2D eigenvalue weighted by molar-refractivity contribution is 6.01. The number of hydrogen-bond donors (Lipinski definition) is 1. The van der Waals surface area contributed by atoms with E-state index in [1.54, 1.807) is 4.90 Å². The summed E-state index contributed by atoms with van der Waals surface area (Å²) in [6, 6.07) is 0.124. The third-order valence-corrected chi connectivity index (χ3v) is 3.28. The van der Waals surface area contributed by atoms with Crippen LogP contribution in [0.15, 0.2) is 0 Å². The molecule has 0 fully saturated rings. The van der Waals surface area contributed by atoms with Gasteiger partial charge in [0.05, 0.1) is 0 Å². The van der Waals surface area contributed by atoms with Crippen molar-refractivity contribution in [1.29, 1.82) is 0 Å². The maximum atomic E-state index is 12.4. The Labute approximate surface area is 110 Å². The monoisotopic (exact) mass is 257 g/mol. The SMILES string of the molecule is CCC(CC)N(CC(C)C)C(=O)C(C)(C)C(=O)O. The molecule has 0 atom stereocenters. The molecule has 0 aromatic rings. The fourth-order valence-electron chi connectivity index (χ4n) is 1.97. The van der Waals surface area contributed by atoms with Crippen LogP contribution in [0.1, 0.15) is 54.4 Å². The third kappa shape index (κ3) is 4.00. The van der Waals surface area contributed by atoms with E-state index in [1.807, 2.05) is 27.7 Å². The molecule has 106 valence electrons. The molecule has 1 amide bonds. The van der Waals surface area contributed by atoms with Crippen molar-refractivity contribution in [2.24, 2.45) is 11.3 Å². The number of carboxylic acids is 1. The van der Waals surface area contributed by atoms with Gasteiger partial charge in [-0.3, -0.25) is 9.59 Å². The van der Waals surface area contributed by atoms with E-state index in [2.05, 4.69) is 0 Å². The fraction of sp³-hybridized carbons (Fsp3) is 0.857. The van der Waals surface area contributed by atoms with Crippen LogP contribution in [0.3, 0.4) is 0 Å². The van der Waals surface area contributed by atoms with Gasteiger partial charge in [0.2, 0.25) is 5.91 Å². The van der Waals surface area contributed by atoms with Crippen LogP contribution in [0.25, 0.3) is 0 Å². The van der Waals surface area contributed by atoms with Crippen LogP contribution in [0.2, 0.25) is 0 Å². The molecule has 0 radical (unpaired) electrons. The van der Waals surface area contributed by atoms with Crippen molar-refractivity contribution in [3.05, 3.63) is 0 Å². The molecule has 0 aliphatic heterocycles. The molecule has 0 aliphatic rings. The van der Waals surface area contributed by atoms with Gasteiger partial charge in [0.15, 0.2) is 0 Å². The molecule has 0 rings (SSSR count). The lowest BCUT2D eigenvalue weighted by Gasteiger charge is -2.36. The molecule has 4 nitrogen and oxygen atoms in total. The zero-order valence-electron chi connectivity index (χ0n) is 12.5. The van der Waals surface area contributed by atoms with Crippen molar-refractivity contribution < 1.29 is 14.7 Å². The molecule has 1 N–H and O–H groups in total. The number of aliphatic carboxylic acids is 1. The molecular weight excluding hydrogens is 230 g/mol. The minimum Gasteiger partial charge on any atom is -0.480 e. The highest BCUT2D eigenvalue weighted by atomic mass is 16.4. The van der Waals surface area contributed by atoms with E-state index in [0.717, 1.165) is 12.8 Å². The molecule has 0 saturated carbocycles. The Morgan fingerprint density at radius 1 is 1.17 bits per heavy atom. The summed E-state index contributed by atoms with van der Waals surface area (Å²) in [7, 11) is 0. The predicted octanol–water partition coefficient (Wildman–Crippen LogP) is 2.77. The molecule has 0 bridgehead atoms. The van der Waals surface area contributed by atoms with E-state index < -0.39 is 11.4 Å². The van der Waals surface area contributed by atoms with E-state index in [4.69, 9.17) is 0 Å². The summed E-state index contributed by atoms with van der Waals surface area (Å²) in [6.45, 7) is 11.7. The van der Waals surface area contributed by atoms with Gasteiger partial charge in [-0.15, -0.1) is 0 Å². The zero-order valence-corrected chi connectivity index (χ0v) is 12.5. The lowest BCUT2D eigenvalue weighted by atomic mass is 9.90. The van der Waals surface area contributed by atoms with Gasteiger partial charge in [0, 0.05) is 12.6 Å². The molecular formula is C14H27NO3. The highest BCUT2D eigenvalue weighted by Gasteiger charge is 2.40. The second-order valence-electron chi connectivity index (χ2n) is 5.75. The predicted molar refractivity (Wildman–Crippen MR) is 72.3 cm³/mol. The normalized spacial score (nSPS) is 12.0. The number of carbonyl (C=O) groups excluding carboxylic acids is 1. The molecule has 0 aliphatic carbocycles. The van der Waals surface area contributed by atoms with Gasteiger partial charge in [-0.2, -0.15) is 0 Å². The summed E-state index contributed by atoms with van der Waals surface area (Å²) in [5.41, 5.74) is -1.35. The van der Waals surface area contributed by atoms with Crippen LogP contribution in [0, 0.1) is 11.3 Å². The van der Waals surface area contributed by atoms with Crippen LogP contribution in [-0.2, 0) is 9.59 Å². The second-order valence-corrected chi connectivity index (χ2v) is 5.75. The maximum absolute atomic E-state index is 12.4. The first-order valence-electron chi connectivity index (χ1n) is 6.72. The average molecular weight is 257 g/mol. The third-order valence-electron chi connectivity index (χ3n) is 3.28. The first-order valence-corrected chi connectivity index (χ1v) is 6.72. The molecule has 4 heteroatoms. The summed E-state index contributed by atoms with van der Waals surface area (Å²) in [6.07, 6.45) is 1.70. The standard InChI is InChI=1S/C14H27NO3/c1-7-11(8-2)15(9-10(3)4)12(16)14(5,6)13(17)18/h10-11H,7-9H2,1-6H3,(H,17,18). The first kappa shape index (κ1) is 16.9. The number of amides is 1. The number of nitrogens with zero attached hydrogens (tertiary/aromatic N) is 1. The Kier molecular flexibility index (Phi) is 6.36. The van der Waals surface area contributed by atoms with E-state index in [-0.39, 0.29) is 11.9 Å². The zero-order chi connectivity index (χ0) is 14.5. The van der Waals surface area contributed by atoms with Crippen molar-refractivity contribution >= 4 is 11.9 Å². The Morgan fingerprint density at radius 2 is 1.61 bits per heavy atom. The lowest BCUT2D eigenvalue weighted by Crippen LogP contribution is -2.50. The van der Waals surface area contributed by atoms with Gasteiger partial charge in [0.25, 0.3) is 0 Å². The number of rotatable bonds is 7. The molecule has 0 aromatic carbocycles. The first-order chi connectivity index (χ1) is 8.18. The minimum absolute atomic E-state index is 0.124. The molecule has 0 unspecified atom stereocenters. The van der Waals surface area contributed by atoms with E-state index in [9.17, 15) is 14.7 Å². The van der Waals surface area contributed by atoms with Crippen molar-refractivity contribution in [3.63, 3.8) is 0 Å². The van der Waals surface area contributed by atoms with Gasteiger partial charge in [0.1, 0.15) is 5.41 Å². The summed E-state index contributed by atoms with van der Waals surface area (Å²) in [5, 5.41) is 9.17.